The second-order valence-electron chi connectivity index (χ2n) is 1.73. The van der Waals surface area contributed by atoms with E-state index in [4.69, 9.17) is 0 Å². The highest BCUT2D eigenvalue weighted by Gasteiger charge is 1.68. The Kier molecular flexibility index (Phi) is 7.03. The van der Waals surface area contributed by atoms with Crippen molar-refractivity contribution in [3.05, 3.63) is 0 Å². The van der Waals surface area contributed by atoms with Gasteiger partial charge in [-0.15, -0.1) is 0 Å². The van der Waals surface area contributed by atoms with Gasteiger partial charge in [0.25, 0.3) is 0 Å². The molecule has 0 aliphatic heterocycles. The quantitative estimate of drug-likeness (QED) is 0.411. The van der Waals surface area contributed by atoms with Crippen LogP contribution in [0.3, 0.4) is 0 Å². The standard InChI is InChI=1S/C4H10.N/c1-4(2)3;/h4H,1-3H3;. The Morgan fingerprint density at radius 1 is 1.00 bits per heavy atom. The molecular formula is C4H10N. The largest absolute Gasteiger partial charge is 0.0630 e. The summed E-state index contributed by atoms with van der Waals surface area (Å²) in [5, 5.41) is 0. The van der Waals surface area contributed by atoms with E-state index in [1.165, 1.54) is 0 Å². The lowest BCUT2D eigenvalue weighted by atomic mass is 10.3. The van der Waals surface area contributed by atoms with Crippen molar-refractivity contribution in [2.24, 2.45) is 5.92 Å². The van der Waals surface area contributed by atoms with E-state index >= 15 is 0 Å². The fraction of sp³-hybridized carbons (Fsp3) is 1.00. The molecule has 0 bridgehead atoms. The van der Waals surface area contributed by atoms with Gasteiger partial charge in [0.1, 0.15) is 0 Å². The van der Waals surface area contributed by atoms with E-state index in [2.05, 4.69) is 20.8 Å². The summed E-state index contributed by atoms with van der Waals surface area (Å²) in [6, 6.07) is 0. The van der Waals surface area contributed by atoms with Crippen molar-refractivity contribution >= 4 is 0 Å². The van der Waals surface area contributed by atoms with Crippen LogP contribution in [0.4, 0.5) is 0 Å². The van der Waals surface area contributed by atoms with Gasteiger partial charge in [0.05, 0.1) is 0 Å². The number of rotatable bonds is 0. The molecule has 0 saturated heterocycles. The molecule has 0 aliphatic carbocycles. The summed E-state index contributed by atoms with van der Waals surface area (Å²) in [5.41, 5.74) is 0. The van der Waals surface area contributed by atoms with Crippen LogP contribution < -0.4 is 6.15 Å². The summed E-state index contributed by atoms with van der Waals surface area (Å²) < 4.78 is 0. The summed E-state index contributed by atoms with van der Waals surface area (Å²) in [6.07, 6.45) is 0. The molecule has 0 spiro atoms. The molecule has 0 unspecified atom stereocenters. The molecule has 0 aromatic rings. The predicted octanol–water partition coefficient (Wildman–Crippen LogP) is 1.18. The maximum absolute atomic E-state index is 2.17. The monoisotopic (exact) mass is 72.1 g/mol. The van der Waals surface area contributed by atoms with Crippen LogP contribution in [0, 0.1) is 5.92 Å². The van der Waals surface area contributed by atoms with E-state index in [9.17, 15) is 0 Å². The van der Waals surface area contributed by atoms with E-state index in [1.807, 2.05) is 0 Å². The Balaban J connectivity index is 0. The molecule has 0 rings (SSSR count). The average Bonchev–Trinajstić information content (AvgIpc) is 0.811. The van der Waals surface area contributed by atoms with Crippen molar-refractivity contribution < 1.29 is 0 Å². The summed E-state index contributed by atoms with van der Waals surface area (Å²) in [5.74, 6) is 0.833. The highest BCUT2D eigenvalue weighted by molar-refractivity contribution is 4.20. The van der Waals surface area contributed by atoms with Crippen molar-refractivity contribution in [3.8, 4) is 0 Å². The minimum Gasteiger partial charge on any atom is -0.0630 e. The molecule has 0 heterocycles. The van der Waals surface area contributed by atoms with Crippen LogP contribution in [0.1, 0.15) is 20.8 Å². The normalized spacial score (nSPS) is 7.20. The van der Waals surface area contributed by atoms with Crippen molar-refractivity contribution in [1.82, 2.24) is 6.15 Å². The van der Waals surface area contributed by atoms with Crippen molar-refractivity contribution in [2.75, 3.05) is 0 Å². The molecule has 0 aromatic carbocycles. The number of hydrogen-bond donors (Lipinski definition) is 0. The molecule has 1 heteroatoms. The highest BCUT2D eigenvalue weighted by Crippen LogP contribution is 1.81. The first-order valence-electron chi connectivity index (χ1n) is 1.73. The second kappa shape index (κ2) is 3.96. The van der Waals surface area contributed by atoms with Crippen LogP contribution in [0.5, 0.6) is 0 Å². The molecule has 0 saturated carbocycles. The van der Waals surface area contributed by atoms with Crippen molar-refractivity contribution in [3.63, 3.8) is 0 Å². The van der Waals surface area contributed by atoms with Crippen molar-refractivity contribution in [2.45, 2.75) is 20.8 Å². The minimum atomic E-state index is 0. The van der Waals surface area contributed by atoms with E-state index in [0.29, 0.717) is 0 Å². The molecule has 31 valence electrons. The van der Waals surface area contributed by atoms with Gasteiger partial charge in [-0.1, -0.05) is 20.8 Å². The molecule has 3 radical (unpaired) electrons. The van der Waals surface area contributed by atoms with Crippen LogP contribution in [0.2, 0.25) is 0 Å². The predicted molar refractivity (Wildman–Crippen MR) is 22.6 cm³/mol. The smallest absolute Gasteiger partial charge is 0 e. The first kappa shape index (κ1) is 8.88. The minimum absolute atomic E-state index is 0. The van der Waals surface area contributed by atoms with Gasteiger partial charge in [-0.3, -0.25) is 0 Å². The Labute approximate surface area is 34.0 Å². The van der Waals surface area contributed by atoms with Crippen LogP contribution in [0.15, 0.2) is 0 Å². The Bertz CT molecular complexity index is 8.36. The summed E-state index contributed by atoms with van der Waals surface area (Å²) >= 11 is 0. The van der Waals surface area contributed by atoms with E-state index in [-0.39, 0.29) is 6.15 Å². The second-order valence-corrected chi connectivity index (χ2v) is 1.73. The Morgan fingerprint density at radius 3 is 1.00 bits per heavy atom. The van der Waals surface area contributed by atoms with Gasteiger partial charge in [-0.25, -0.2) is 0 Å². The third-order valence-electron chi connectivity index (χ3n) is 0. The first-order chi connectivity index (χ1) is 1.73. The fourth-order valence-electron chi connectivity index (χ4n) is 0. The zero-order valence-electron chi connectivity index (χ0n) is 4.02. The highest BCUT2D eigenvalue weighted by atomic mass is 14.0. The SMILES string of the molecule is CC(C)C.[N]. The fourth-order valence-corrected chi connectivity index (χ4v) is 0. The molecular weight excluding hydrogens is 62.1 g/mol. The van der Waals surface area contributed by atoms with Crippen LogP contribution in [-0.4, -0.2) is 0 Å². The zero-order valence-corrected chi connectivity index (χ0v) is 4.02. The van der Waals surface area contributed by atoms with Crippen LogP contribution in [-0.2, 0) is 0 Å². The van der Waals surface area contributed by atoms with Gasteiger partial charge in [-0.05, 0) is 5.92 Å². The van der Waals surface area contributed by atoms with Gasteiger partial charge in [-0.2, -0.15) is 0 Å². The van der Waals surface area contributed by atoms with Crippen molar-refractivity contribution in [1.29, 1.82) is 0 Å². The molecule has 0 amide bonds. The van der Waals surface area contributed by atoms with Gasteiger partial charge < -0.3 is 0 Å². The molecule has 0 aliphatic rings. The lowest BCUT2D eigenvalue weighted by Crippen LogP contribution is -1.66. The molecule has 0 N–H and O–H groups in total. The van der Waals surface area contributed by atoms with Gasteiger partial charge in [0.15, 0.2) is 0 Å². The Hall–Kier alpha value is -0.0400. The molecule has 5 heavy (non-hydrogen) atoms. The molecule has 1 nitrogen and oxygen atoms in total. The van der Waals surface area contributed by atoms with E-state index in [1.54, 1.807) is 0 Å². The summed E-state index contributed by atoms with van der Waals surface area (Å²) in [4.78, 5) is 0. The summed E-state index contributed by atoms with van der Waals surface area (Å²) in [6.45, 7) is 6.50. The molecule has 0 fully saturated rings. The average molecular weight is 72.1 g/mol. The van der Waals surface area contributed by atoms with E-state index < -0.39 is 0 Å². The maximum Gasteiger partial charge on any atom is 0 e. The van der Waals surface area contributed by atoms with Gasteiger partial charge in [0.2, 0.25) is 0 Å². The number of nitrogens with zero attached hydrogens (tertiary/aromatic N) is 1. The molecule has 0 atom stereocenters. The van der Waals surface area contributed by atoms with Gasteiger partial charge >= 0.3 is 0 Å². The third-order valence-corrected chi connectivity index (χ3v) is 0. The molecule has 0 aromatic heterocycles. The first-order valence-corrected chi connectivity index (χ1v) is 1.73. The lowest BCUT2D eigenvalue weighted by Gasteiger charge is -1.79. The van der Waals surface area contributed by atoms with Crippen LogP contribution in [0.25, 0.3) is 0 Å². The van der Waals surface area contributed by atoms with Gasteiger partial charge in [0, 0.05) is 6.15 Å². The maximum atomic E-state index is 2.17. The third kappa shape index (κ3) is 9510. The number of hydrogen-bond acceptors (Lipinski definition) is 0. The topological polar surface area (TPSA) is 30.5 Å². The lowest BCUT2D eigenvalue weighted by molar-refractivity contribution is 0.737. The van der Waals surface area contributed by atoms with Crippen LogP contribution >= 0.6 is 0 Å². The summed E-state index contributed by atoms with van der Waals surface area (Å²) in [7, 11) is 0. The Morgan fingerprint density at radius 2 is 1.00 bits per heavy atom. The van der Waals surface area contributed by atoms with E-state index in [0.717, 1.165) is 5.92 Å². The zero-order chi connectivity index (χ0) is 3.58.